The quantitative estimate of drug-likeness (QED) is 0.435. The van der Waals surface area contributed by atoms with Crippen LogP contribution in [-0.4, -0.2) is 12.0 Å². The van der Waals surface area contributed by atoms with Gasteiger partial charge < -0.3 is 4.90 Å². The van der Waals surface area contributed by atoms with Gasteiger partial charge in [-0.2, -0.15) is 0 Å². The lowest BCUT2D eigenvalue weighted by atomic mass is 10.1. The third-order valence-electron chi connectivity index (χ3n) is 3.14. The van der Waals surface area contributed by atoms with Crippen molar-refractivity contribution in [3.63, 3.8) is 0 Å². The van der Waals surface area contributed by atoms with Gasteiger partial charge in [-0.05, 0) is 29.3 Å². The predicted molar refractivity (Wildman–Crippen MR) is 88.9 cm³/mol. The Morgan fingerprint density at radius 1 is 1.19 bits per heavy atom. The zero-order valence-electron chi connectivity index (χ0n) is 11.4. The van der Waals surface area contributed by atoms with Crippen molar-refractivity contribution in [3.05, 3.63) is 68.2 Å². The summed E-state index contributed by atoms with van der Waals surface area (Å²) in [5.74, 6) is 0.261. The van der Waals surface area contributed by atoms with Crippen LogP contribution in [-0.2, 0) is 12.4 Å². The molecular weight excluding hydrogens is 356 g/mol. The van der Waals surface area contributed by atoms with Gasteiger partial charge in [0.05, 0.1) is 4.92 Å². The van der Waals surface area contributed by atoms with E-state index in [2.05, 4.69) is 15.9 Å². The molecule has 0 bridgehead atoms. The fraction of sp³-hybridized carbons (Fsp3) is 0.200. The van der Waals surface area contributed by atoms with E-state index in [0.29, 0.717) is 12.2 Å². The zero-order valence-corrected chi connectivity index (χ0v) is 13.8. The van der Waals surface area contributed by atoms with Gasteiger partial charge in [0.1, 0.15) is 5.69 Å². The van der Waals surface area contributed by atoms with Gasteiger partial charge in [-0.25, -0.2) is 0 Å². The Hall–Kier alpha value is -1.59. The summed E-state index contributed by atoms with van der Waals surface area (Å²) in [6.07, 6.45) is 0. The number of benzene rings is 2. The molecular formula is C15H14BrClN2O2. The molecule has 0 amide bonds. The third kappa shape index (κ3) is 3.95. The van der Waals surface area contributed by atoms with Gasteiger partial charge in [-0.15, -0.1) is 11.6 Å². The van der Waals surface area contributed by atoms with Gasteiger partial charge in [0.2, 0.25) is 0 Å². The molecule has 0 radical (unpaired) electrons. The van der Waals surface area contributed by atoms with E-state index >= 15 is 0 Å². The molecule has 0 aromatic heterocycles. The highest BCUT2D eigenvalue weighted by Gasteiger charge is 2.17. The Morgan fingerprint density at radius 3 is 2.38 bits per heavy atom. The number of rotatable bonds is 5. The normalized spacial score (nSPS) is 10.4. The van der Waals surface area contributed by atoms with E-state index in [9.17, 15) is 10.1 Å². The predicted octanol–water partition coefficient (Wildman–Crippen LogP) is 4.73. The summed E-state index contributed by atoms with van der Waals surface area (Å²) in [5, 5.41) is 11.2. The lowest BCUT2D eigenvalue weighted by Gasteiger charge is -2.19. The molecule has 0 saturated heterocycles. The first-order valence-electron chi connectivity index (χ1n) is 6.30. The van der Waals surface area contributed by atoms with Crippen LogP contribution in [0.3, 0.4) is 0 Å². The van der Waals surface area contributed by atoms with Crippen molar-refractivity contribution in [1.29, 1.82) is 0 Å². The highest BCUT2D eigenvalue weighted by atomic mass is 79.9. The van der Waals surface area contributed by atoms with Gasteiger partial charge in [0, 0.05) is 30.0 Å². The summed E-state index contributed by atoms with van der Waals surface area (Å²) >= 11 is 9.13. The molecule has 0 fully saturated rings. The average molecular weight is 370 g/mol. The van der Waals surface area contributed by atoms with Crippen LogP contribution in [0.1, 0.15) is 11.1 Å². The molecule has 0 spiro atoms. The van der Waals surface area contributed by atoms with E-state index in [-0.39, 0.29) is 16.5 Å². The van der Waals surface area contributed by atoms with E-state index in [1.54, 1.807) is 6.07 Å². The van der Waals surface area contributed by atoms with Crippen molar-refractivity contribution in [1.82, 2.24) is 0 Å². The third-order valence-corrected chi connectivity index (χ3v) is 3.97. The van der Waals surface area contributed by atoms with Gasteiger partial charge in [-0.1, -0.05) is 34.1 Å². The molecule has 0 aliphatic rings. The largest absolute Gasteiger partial charge is 0.365 e. The maximum absolute atomic E-state index is 11.2. The van der Waals surface area contributed by atoms with E-state index in [1.165, 1.54) is 6.07 Å². The fourth-order valence-corrected chi connectivity index (χ4v) is 2.50. The van der Waals surface area contributed by atoms with E-state index in [1.807, 2.05) is 42.3 Å². The van der Waals surface area contributed by atoms with Crippen LogP contribution >= 0.6 is 27.5 Å². The molecule has 2 aromatic rings. The number of halogens is 2. The Balaban J connectivity index is 2.27. The Labute approximate surface area is 136 Å². The summed E-state index contributed by atoms with van der Waals surface area (Å²) in [6, 6.07) is 13.0. The molecule has 6 heteroatoms. The standard InChI is InChI=1S/C15H14BrClN2O2/c1-18(10-11-2-5-13(16)6-3-11)14-7-4-12(9-17)8-15(14)19(20)21/h2-8H,9-10H2,1H3. The SMILES string of the molecule is CN(Cc1ccc(Br)cc1)c1ccc(CCl)cc1[N+](=O)[O-]. The second-order valence-electron chi connectivity index (χ2n) is 4.70. The topological polar surface area (TPSA) is 46.4 Å². The lowest BCUT2D eigenvalue weighted by Crippen LogP contribution is -2.17. The maximum atomic E-state index is 11.2. The molecule has 4 nitrogen and oxygen atoms in total. The number of nitro benzene ring substituents is 1. The van der Waals surface area contributed by atoms with E-state index in [0.717, 1.165) is 15.6 Å². The molecule has 0 saturated carbocycles. The molecule has 21 heavy (non-hydrogen) atoms. The van der Waals surface area contributed by atoms with Gasteiger partial charge in [0.15, 0.2) is 0 Å². The summed E-state index contributed by atoms with van der Waals surface area (Å²) in [6.45, 7) is 0.592. The van der Waals surface area contributed by atoms with Crippen LogP contribution in [0.2, 0.25) is 0 Å². The molecule has 0 aliphatic carbocycles. The summed E-state index contributed by atoms with van der Waals surface area (Å²) in [7, 11) is 1.84. The minimum absolute atomic E-state index is 0.0766. The number of anilines is 1. The summed E-state index contributed by atoms with van der Waals surface area (Å²) in [4.78, 5) is 12.7. The number of alkyl halides is 1. The minimum atomic E-state index is -0.372. The van der Waals surface area contributed by atoms with Gasteiger partial charge in [-0.3, -0.25) is 10.1 Å². The van der Waals surface area contributed by atoms with Crippen molar-refractivity contribution >= 4 is 38.9 Å². The maximum Gasteiger partial charge on any atom is 0.292 e. The van der Waals surface area contributed by atoms with E-state index in [4.69, 9.17) is 11.6 Å². The summed E-state index contributed by atoms with van der Waals surface area (Å²) in [5.41, 5.74) is 2.48. The lowest BCUT2D eigenvalue weighted by molar-refractivity contribution is -0.384. The minimum Gasteiger partial charge on any atom is -0.365 e. The van der Waals surface area contributed by atoms with Crippen LogP contribution < -0.4 is 4.90 Å². The first-order chi connectivity index (χ1) is 10.0. The number of hydrogen-bond acceptors (Lipinski definition) is 3. The van der Waals surface area contributed by atoms with Gasteiger partial charge in [0.25, 0.3) is 5.69 Å². The highest BCUT2D eigenvalue weighted by Crippen LogP contribution is 2.30. The van der Waals surface area contributed by atoms with Crippen LogP contribution in [0.5, 0.6) is 0 Å². The smallest absolute Gasteiger partial charge is 0.292 e. The zero-order chi connectivity index (χ0) is 15.4. The molecule has 0 unspecified atom stereocenters. The second kappa shape index (κ2) is 6.91. The summed E-state index contributed by atoms with van der Waals surface area (Å²) < 4.78 is 1.01. The molecule has 0 N–H and O–H groups in total. The number of nitrogens with zero attached hydrogens (tertiary/aromatic N) is 2. The van der Waals surface area contributed by atoms with Crippen molar-refractivity contribution in [3.8, 4) is 0 Å². The number of hydrogen-bond donors (Lipinski definition) is 0. The molecule has 2 aromatic carbocycles. The highest BCUT2D eigenvalue weighted by molar-refractivity contribution is 9.10. The van der Waals surface area contributed by atoms with Crippen LogP contribution in [0.4, 0.5) is 11.4 Å². The first kappa shape index (κ1) is 15.8. The Bertz CT molecular complexity index is 647. The van der Waals surface area contributed by atoms with Crippen molar-refractivity contribution < 1.29 is 4.92 Å². The molecule has 2 rings (SSSR count). The monoisotopic (exact) mass is 368 g/mol. The van der Waals surface area contributed by atoms with Crippen LogP contribution in [0.25, 0.3) is 0 Å². The molecule has 0 aliphatic heterocycles. The Morgan fingerprint density at radius 2 is 1.81 bits per heavy atom. The molecule has 0 heterocycles. The molecule has 0 atom stereocenters. The molecule has 110 valence electrons. The number of nitro groups is 1. The first-order valence-corrected chi connectivity index (χ1v) is 7.63. The van der Waals surface area contributed by atoms with Gasteiger partial charge >= 0.3 is 0 Å². The Kier molecular flexibility index (Phi) is 5.20. The van der Waals surface area contributed by atoms with Crippen LogP contribution in [0, 0.1) is 10.1 Å². The van der Waals surface area contributed by atoms with Crippen molar-refractivity contribution in [2.45, 2.75) is 12.4 Å². The second-order valence-corrected chi connectivity index (χ2v) is 5.88. The van der Waals surface area contributed by atoms with E-state index < -0.39 is 0 Å². The average Bonchev–Trinajstić information content (AvgIpc) is 2.48. The van der Waals surface area contributed by atoms with Crippen molar-refractivity contribution in [2.24, 2.45) is 0 Å². The van der Waals surface area contributed by atoms with Crippen molar-refractivity contribution in [2.75, 3.05) is 11.9 Å². The fourth-order valence-electron chi connectivity index (χ4n) is 2.07. The van der Waals surface area contributed by atoms with Crippen LogP contribution in [0.15, 0.2) is 46.9 Å².